The maximum atomic E-state index is 4.55. The Labute approximate surface area is 122 Å². The van der Waals surface area contributed by atoms with E-state index in [9.17, 15) is 0 Å². The van der Waals surface area contributed by atoms with Gasteiger partial charge in [-0.3, -0.25) is 0 Å². The minimum absolute atomic E-state index is 0.549. The lowest BCUT2D eigenvalue weighted by atomic mass is 9.94. The highest BCUT2D eigenvalue weighted by Gasteiger charge is 2.25. The first-order valence-electron chi connectivity index (χ1n) is 8.02. The molecule has 1 fully saturated rings. The molecule has 0 radical (unpaired) electrons. The molecule has 2 atom stereocenters. The van der Waals surface area contributed by atoms with Gasteiger partial charge in [0.1, 0.15) is 12.1 Å². The number of aromatic nitrogens is 2. The van der Waals surface area contributed by atoms with Gasteiger partial charge < -0.3 is 10.2 Å². The van der Waals surface area contributed by atoms with Crippen molar-refractivity contribution < 1.29 is 0 Å². The summed E-state index contributed by atoms with van der Waals surface area (Å²) in [6.45, 7) is 4.69. The lowest BCUT2D eigenvalue weighted by Gasteiger charge is -2.35. The molecule has 20 heavy (non-hydrogen) atoms. The summed E-state index contributed by atoms with van der Waals surface area (Å²) in [5.41, 5.74) is 2.66. The molecule has 2 heterocycles. The third-order valence-corrected chi connectivity index (χ3v) is 4.81. The van der Waals surface area contributed by atoms with Gasteiger partial charge in [0.05, 0.1) is 0 Å². The number of piperidine rings is 1. The summed E-state index contributed by atoms with van der Waals surface area (Å²) < 4.78 is 0. The molecule has 1 aliphatic carbocycles. The standard InChI is InChI=1S/C16H26N4/c1-12-10-20(2)9-8-14(12)19-16-13-6-4-3-5-7-15(13)17-11-18-16/h11-12,14H,3-10H2,1-2H3,(H,17,18,19). The maximum Gasteiger partial charge on any atom is 0.133 e. The van der Waals surface area contributed by atoms with E-state index in [1.165, 1.54) is 50.0 Å². The molecule has 1 saturated heterocycles. The number of anilines is 1. The van der Waals surface area contributed by atoms with Gasteiger partial charge in [-0.15, -0.1) is 0 Å². The van der Waals surface area contributed by atoms with E-state index in [1.807, 2.05) is 0 Å². The highest BCUT2D eigenvalue weighted by Crippen LogP contribution is 2.26. The SMILES string of the molecule is CC1CN(C)CCC1Nc1ncnc2c1CCCCC2. The molecule has 110 valence electrons. The first-order chi connectivity index (χ1) is 9.74. The second kappa shape index (κ2) is 6.08. The number of hydrogen-bond acceptors (Lipinski definition) is 4. The Morgan fingerprint density at radius 1 is 1.20 bits per heavy atom. The number of likely N-dealkylation sites (tertiary alicyclic amines) is 1. The molecule has 0 saturated carbocycles. The van der Waals surface area contributed by atoms with Crippen LogP contribution in [0.1, 0.15) is 43.9 Å². The van der Waals surface area contributed by atoms with Crippen LogP contribution < -0.4 is 5.32 Å². The fourth-order valence-electron chi connectivity index (χ4n) is 3.57. The van der Waals surface area contributed by atoms with E-state index in [2.05, 4.69) is 34.2 Å². The van der Waals surface area contributed by atoms with Crippen LogP contribution in [0.4, 0.5) is 5.82 Å². The van der Waals surface area contributed by atoms with Crippen molar-refractivity contribution in [2.24, 2.45) is 5.92 Å². The summed E-state index contributed by atoms with van der Waals surface area (Å²) in [4.78, 5) is 11.5. The molecule has 3 rings (SSSR count). The van der Waals surface area contributed by atoms with Gasteiger partial charge in [-0.2, -0.15) is 0 Å². The molecule has 2 aliphatic rings. The fourth-order valence-corrected chi connectivity index (χ4v) is 3.57. The van der Waals surface area contributed by atoms with Crippen molar-refractivity contribution in [3.05, 3.63) is 17.6 Å². The third kappa shape index (κ3) is 2.95. The maximum absolute atomic E-state index is 4.55. The molecule has 2 unspecified atom stereocenters. The van der Waals surface area contributed by atoms with E-state index in [-0.39, 0.29) is 0 Å². The number of fused-ring (bicyclic) bond motifs is 1. The van der Waals surface area contributed by atoms with Crippen LogP contribution in [-0.2, 0) is 12.8 Å². The summed E-state index contributed by atoms with van der Waals surface area (Å²) >= 11 is 0. The fraction of sp³-hybridized carbons (Fsp3) is 0.750. The molecule has 1 N–H and O–H groups in total. The first kappa shape index (κ1) is 13.8. The number of nitrogens with one attached hydrogen (secondary N) is 1. The van der Waals surface area contributed by atoms with Crippen LogP contribution in [0.5, 0.6) is 0 Å². The molecule has 0 bridgehead atoms. The minimum atomic E-state index is 0.549. The number of rotatable bonds is 2. The van der Waals surface area contributed by atoms with Crippen molar-refractivity contribution in [3.63, 3.8) is 0 Å². The van der Waals surface area contributed by atoms with E-state index < -0.39 is 0 Å². The van der Waals surface area contributed by atoms with Gasteiger partial charge in [0.25, 0.3) is 0 Å². The zero-order chi connectivity index (χ0) is 13.9. The van der Waals surface area contributed by atoms with Crippen LogP contribution in [-0.4, -0.2) is 41.0 Å². The van der Waals surface area contributed by atoms with Gasteiger partial charge in [-0.1, -0.05) is 13.3 Å². The van der Waals surface area contributed by atoms with Crippen LogP contribution in [0, 0.1) is 5.92 Å². The predicted octanol–water partition coefficient (Wildman–Crippen LogP) is 2.50. The van der Waals surface area contributed by atoms with Crippen LogP contribution in [0.15, 0.2) is 6.33 Å². The van der Waals surface area contributed by atoms with Crippen molar-refractivity contribution in [2.75, 3.05) is 25.5 Å². The monoisotopic (exact) mass is 274 g/mol. The third-order valence-electron chi connectivity index (χ3n) is 4.81. The van der Waals surface area contributed by atoms with E-state index in [0.29, 0.717) is 12.0 Å². The van der Waals surface area contributed by atoms with Gasteiger partial charge in [-0.05, 0) is 51.6 Å². The molecular formula is C16H26N4. The van der Waals surface area contributed by atoms with Crippen LogP contribution in [0.25, 0.3) is 0 Å². The summed E-state index contributed by atoms with van der Waals surface area (Å²) in [7, 11) is 2.21. The Morgan fingerprint density at radius 2 is 2.05 bits per heavy atom. The van der Waals surface area contributed by atoms with Crippen molar-refractivity contribution >= 4 is 5.82 Å². The van der Waals surface area contributed by atoms with E-state index in [1.54, 1.807) is 6.33 Å². The largest absolute Gasteiger partial charge is 0.367 e. The molecule has 0 aromatic carbocycles. The Morgan fingerprint density at radius 3 is 2.90 bits per heavy atom. The lowest BCUT2D eigenvalue weighted by molar-refractivity contribution is 0.206. The van der Waals surface area contributed by atoms with Gasteiger partial charge in [0.15, 0.2) is 0 Å². The van der Waals surface area contributed by atoms with Gasteiger partial charge >= 0.3 is 0 Å². The van der Waals surface area contributed by atoms with Crippen LogP contribution >= 0.6 is 0 Å². The smallest absolute Gasteiger partial charge is 0.133 e. The van der Waals surface area contributed by atoms with Crippen molar-refractivity contribution in [1.29, 1.82) is 0 Å². The summed E-state index contributed by atoms with van der Waals surface area (Å²) in [6, 6.07) is 0.549. The van der Waals surface area contributed by atoms with Crippen molar-refractivity contribution in [2.45, 2.75) is 51.5 Å². The van der Waals surface area contributed by atoms with E-state index >= 15 is 0 Å². The second-order valence-corrected chi connectivity index (χ2v) is 6.49. The Kier molecular flexibility index (Phi) is 4.20. The Bertz CT molecular complexity index is 460. The molecule has 1 aromatic heterocycles. The molecule has 4 heteroatoms. The number of aryl methyl sites for hydroxylation is 1. The lowest BCUT2D eigenvalue weighted by Crippen LogP contribution is -2.43. The quantitative estimate of drug-likeness (QED) is 0.841. The average molecular weight is 274 g/mol. The predicted molar refractivity (Wildman–Crippen MR) is 82.0 cm³/mol. The normalized spacial score (nSPS) is 27.7. The molecule has 0 spiro atoms. The molecular weight excluding hydrogens is 248 g/mol. The van der Waals surface area contributed by atoms with Gasteiger partial charge in [-0.25, -0.2) is 9.97 Å². The van der Waals surface area contributed by atoms with E-state index in [0.717, 1.165) is 18.7 Å². The Hall–Kier alpha value is -1.16. The van der Waals surface area contributed by atoms with Crippen LogP contribution in [0.2, 0.25) is 0 Å². The van der Waals surface area contributed by atoms with Crippen molar-refractivity contribution in [3.8, 4) is 0 Å². The average Bonchev–Trinajstić information content (AvgIpc) is 2.68. The minimum Gasteiger partial charge on any atom is -0.367 e. The van der Waals surface area contributed by atoms with E-state index in [4.69, 9.17) is 0 Å². The highest BCUT2D eigenvalue weighted by atomic mass is 15.1. The van der Waals surface area contributed by atoms with Gasteiger partial charge in [0.2, 0.25) is 0 Å². The molecule has 1 aliphatic heterocycles. The summed E-state index contributed by atoms with van der Waals surface area (Å²) in [5, 5.41) is 3.73. The zero-order valence-corrected chi connectivity index (χ0v) is 12.7. The second-order valence-electron chi connectivity index (χ2n) is 6.49. The van der Waals surface area contributed by atoms with Crippen molar-refractivity contribution in [1.82, 2.24) is 14.9 Å². The number of nitrogens with zero attached hydrogens (tertiary/aromatic N) is 3. The molecule has 4 nitrogen and oxygen atoms in total. The Balaban J connectivity index is 1.77. The summed E-state index contributed by atoms with van der Waals surface area (Å²) in [6.07, 6.45) is 9.07. The van der Waals surface area contributed by atoms with Crippen LogP contribution in [0.3, 0.4) is 0 Å². The first-order valence-corrected chi connectivity index (χ1v) is 8.02. The number of hydrogen-bond donors (Lipinski definition) is 1. The highest BCUT2D eigenvalue weighted by molar-refractivity contribution is 5.47. The summed E-state index contributed by atoms with van der Waals surface area (Å²) in [5.74, 6) is 1.78. The molecule has 1 aromatic rings. The molecule has 0 amide bonds. The van der Waals surface area contributed by atoms with Gasteiger partial charge in [0, 0.05) is 23.8 Å². The topological polar surface area (TPSA) is 41.0 Å². The zero-order valence-electron chi connectivity index (χ0n) is 12.7.